The van der Waals surface area contributed by atoms with Gasteiger partial charge in [0.25, 0.3) is 0 Å². The minimum absolute atomic E-state index is 0. The Bertz CT molecular complexity index is 480. The van der Waals surface area contributed by atoms with E-state index in [1.54, 1.807) is 6.07 Å². The highest BCUT2D eigenvalue weighted by Crippen LogP contribution is 2.06. The smallest absolute Gasteiger partial charge is 0.248 e. The molecule has 12 heavy (non-hydrogen) atoms. The second kappa shape index (κ2) is 3.41. The van der Waals surface area contributed by atoms with Crippen LogP contribution in [-0.4, -0.2) is 4.98 Å². The first-order valence-electron chi connectivity index (χ1n) is 3.86. The standard InChI is InChI=1S/C9H7NO.ClH/c11-9-6-5-7-3-1-2-4-8(7)10-9;/h1-6H,(H,10,11);1H/i6D;. The van der Waals surface area contributed by atoms with Gasteiger partial charge >= 0.3 is 0 Å². The van der Waals surface area contributed by atoms with Crippen molar-refractivity contribution in [2.24, 2.45) is 0 Å². The van der Waals surface area contributed by atoms with Crippen molar-refractivity contribution in [1.82, 2.24) is 4.98 Å². The second-order valence-corrected chi connectivity index (χ2v) is 2.33. The lowest BCUT2D eigenvalue weighted by Crippen LogP contribution is -2.01. The summed E-state index contributed by atoms with van der Waals surface area (Å²) in [6, 6.07) is 8.98. The van der Waals surface area contributed by atoms with Crippen molar-refractivity contribution in [3.63, 3.8) is 0 Å². The number of pyridine rings is 1. The van der Waals surface area contributed by atoms with Crippen molar-refractivity contribution in [2.75, 3.05) is 0 Å². The molecule has 0 saturated heterocycles. The van der Waals surface area contributed by atoms with Crippen LogP contribution in [0.3, 0.4) is 0 Å². The van der Waals surface area contributed by atoms with E-state index in [-0.39, 0.29) is 24.0 Å². The molecule has 1 N–H and O–H groups in total. The predicted octanol–water partition coefficient (Wildman–Crippen LogP) is 1.95. The summed E-state index contributed by atoms with van der Waals surface area (Å²) in [5.41, 5.74) is 0.437. The fourth-order valence-corrected chi connectivity index (χ4v) is 1.04. The molecule has 0 aliphatic heterocycles. The number of aromatic amines is 1. The Morgan fingerprint density at radius 1 is 1.25 bits per heavy atom. The topological polar surface area (TPSA) is 32.9 Å². The fraction of sp³-hybridized carbons (Fsp3) is 0. The molecule has 0 atom stereocenters. The summed E-state index contributed by atoms with van der Waals surface area (Å²) in [6.45, 7) is 0. The summed E-state index contributed by atoms with van der Waals surface area (Å²) in [4.78, 5) is 13.6. The highest BCUT2D eigenvalue weighted by atomic mass is 35.5. The second-order valence-electron chi connectivity index (χ2n) is 2.33. The van der Waals surface area contributed by atoms with Crippen molar-refractivity contribution in [3.05, 3.63) is 46.7 Å². The van der Waals surface area contributed by atoms with Gasteiger partial charge < -0.3 is 4.98 Å². The summed E-state index contributed by atoms with van der Waals surface area (Å²) in [5.74, 6) is 0. The van der Waals surface area contributed by atoms with Gasteiger partial charge in [-0.05, 0) is 17.5 Å². The highest BCUT2D eigenvalue weighted by molar-refractivity contribution is 5.85. The van der Waals surface area contributed by atoms with Gasteiger partial charge in [0.2, 0.25) is 5.56 Å². The molecule has 2 nitrogen and oxygen atoms in total. The van der Waals surface area contributed by atoms with E-state index in [0.717, 1.165) is 10.9 Å². The molecule has 0 amide bonds. The molecule has 0 radical (unpaired) electrons. The molecule has 2 rings (SSSR count). The molecule has 1 aromatic heterocycles. The molecule has 0 aliphatic rings. The number of H-pyrrole nitrogens is 1. The number of benzene rings is 1. The summed E-state index contributed by atoms with van der Waals surface area (Å²) in [6.07, 6.45) is 0. The van der Waals surface area contributed by atoms with Crippen molar-refractivity contribution in [2.45, 2.75) is 0 Å². The lowest BCUT2D eigenvalue weighted by Gasteiger charge is -1.93. The SMILES string of the molecule is Cl.[2H]c1cc2ccccc2[nH]c1=O. The lowest BCUT2D eigenvalue weighted by atomic mass is 10.2. The normalized spacial score (nSPS) is 10.5. The zero-order valence-corrected chi connectivity index (χ0v) is 7.02. The van der Waals surface area contributed by atoms with E-state index in [1.807, 2.05) is 24.3 Å². The molecule has 3 heteroatoms. The van der Waals surface area contributed by atoms with Crippen LogP contribution in [0.5, 0.6) is 0 Å². The third kappa shape index (κ3) is 1.48. The summed E-state index contributed by atoms with van der Waals surface area (Å²) >= 11 is 0. The van der Waals surface area contributed by atoms with E-state index < -0.39 is 0 Å². The molecule has 0 saturated carbocycles. The zero-order chi connectivity index (χ0) is 8.55. The molecule has 62 valence electrons. The Labute approximate surface area is 77.1 Å². The number of hydrogen-bond acceptors (Lipinski definition) is 1. The van der Waals surface area contributed by atoms with Crippen LogP contribution in [0.4, 0.5) is 0 Å². The summed E-state index contributed by atoms with van der Waals surface area (Å²) in [7, 11) is 0. The van der Waals surface area contributed by atoms with E-state index in [0.29, 0.717) is 0 Å². The third-order valence-electron chi connectivity index (χ3n) is 1.57. The van der Waals surface area contributed by atoms with Gasteiger partial charge in [0.15, 0.2) is 0 Å². The first-order chi connectivity index (χ1) is 5.77. The number of fused-ring (bicyclic) bond motifs is 1. The van der Waals surface area contributed by atoms with Gasteiger partial charge in [-0.2, -0.15) is 0 Å². The fourth-order valence-electron chi connectivity index (χ4n) is 1.04. The molecule has 0 bridgehead atoms. The Morgan fingerprint density at radius 3 is 2.83 bits per heavy atom. The molecule has 1 heterocycles. The van der Waals surface area contributed by atoms with Gasteiger partial charge in [-0.3, -0.25) is 4.79 Å². The molecular weight excluding hydrogens is 174 g/mol. The number of rotatable bonds is 0. The van der Waals surface area contributed by atoms with E-state index >= 15 is 0 Å². The molecule has 1 aromatic carbocycles. The van der Waals surface area contributed by atoms with E-state index in [4.69, 9.17) is 1.37 Å². The highest BCUT2D eigenvalue weighted by Gasteiger charge is 1.89. The summed E-state index contributed by atoms with van der Waals surface area (Å²) in [5, 5.41) is 0.891. The van der Waals surface area contributed by atoms with Gasteiger partial charge in [0.05, 0.1) is 1.37 Å². The molecule has 0 aliphatic carbocycles. The molecule has 0 fully saturated rings. The van der Waals surface area contributed by atoms with Crippen LogP contribution < -0.4 is 5.56 Å². The maximum absolute atomic E-state index is 11.0. The average molecular weight is 183 g/mol. The average Bonchev–Trinajstić information content (AvgIpc) is 2.07. The maximum Gasteiger partial charge on any atom is 0.248 e. The van der Waals surface area contributed by atoms with E-state index in [9.17, 15) is 4.79 Å². The largest absolute Gasteiger partial charge is 0.322 e. The minimum Gasteiger partial charge on any atom is -0.322 e. The predicted molar refractivity (Wildman–Crippen MR) is 51.8 cm³/mol. The van der Waals surface area contributed by atoms with Crippen LogP contribution >= 0.6 is 12.4 Å². The van der Waals surface area contributed by atoms with Crippen molar-refractivity contribution in [1.29, 1.82) is 0 Å². The Hall–Kier alpha value is -1.28. The van der Waals surface area contributed by atoms with Gasteiger partial charge in [0, 0.05) is 11.6 Å². The van der Waals surface area contributed by atoms with Crippen molar-refractivity contribution in [3.8, 4) is 0 Å². The minimum atomic E-state index is -0.339. The molecule has 0 spiro atoms. The van der Waals surface area contributed by atoms with Gasteiger partial charge in [0.1, 0.15) is 0 Å². The van der Waals surface area contributed by atoms with Gasteiger partial charge in [-0.1, -0.05) is 18.2 Å². The van der Waals surface area contributed by atoms with Crippen LogP contribution in [-0.2, 0) is 0 Å². The number of halogens is 1. The zero-order valence-electron chi connectivity index (χ0n) is 7.20. The third-order valence-corrected chi connectivity index (χ3v) is 1.57. The van der Waals surface area contributed by atoms with Gasteiger partial charge in [-0.15, -0.1) is 12.4 Å². The van der Waals surface area contributed by atoms with Crippen LogP contribution in [0.15, 0.2) is 41.2 Å². The maximum atomic E-state index is 11.0. The van der Waals surface area contributed by atoms with Crippen molar-refractivity contribution >= 4 is 23.3 Å². The van der Waals surface area contributed by atoms with Crippen LogP contribution in [0.25, 0.3) is 10.9 Å². The number of nitrogens with one attached hydrogen (secondary N) is 1. The summed E-state index contributed by atoms with van der Waals surface area (Å²) < 4.78 is 7.26. The number of para-hydroxylation sites is 1. The quantitative estimate of drug-likeness (QED) is 0.664. The number of hydrogen-bond donors (Lipinski definition) is 1. The Balaban J connectivity index is 0.000000845. The van der Waals surface area contributed by atoms with Crippen LogP contribution in [0.2, 0.25) is 0 Å². The Kier molecular flexibility index (Phi) is 2.10. The molecule has 2 aromatic rings. The monoisotopic (exact) mass is 182 g/mol. The van der Waals surface area contributed by atoms with Crippen molar-refractivity contribution < 1.29 is 1.37 Å². The van der Waals surface area contributed by atoms with Crippen LogP contribution in [0, 0.1) is 0 Å². The molecular formula is C9H8ClNO. The Morgan fingerprint density at radius 2 is 2.00 bits per heavy atom. The number of aromatic nitrogens is 1. The first kappa shape index (κ1) is 7.37. The first-order valence-corrected chi connectivity index (χ1v) is 3.36. The lowest BCUT2D eigenvalue weighted by molar-refractivity contribution is 1.31. The van der Waals surface area contributed by atoms with E-state index in [2.05, 4.69) is 4.98 Å². The van der Waals surface area contributed by atoms with E-state index in [1.165, 1.54) is 0 Å². The van der Waals surface area contributed by atoms with Crippen LogP contribution in [0.1, 0.15) is 1.37 Å². The molecule has 0 unspecified atom stereocenters. The van der Waals surface area contributed by atoms with Gasteiger partial charge in [-0.25, -0.2) is 0 Å².